The molecule has 5 rings (SSSR count). The van der Waals surface area contributed by atoms with Crippen LogP contribution in [0, 0.1) is 6.92 Å². The third-order valence-electron chi connectivity index (χ3n) is 5.18. The number of nitrogens with one attached hydrogen (secondary N) is 1. The van der Waals surface area contributed by atoms with E-state index in [-0.39, 0.29) is 11.3 Å². The van der Waals surface area contributed by atoms with E-state index in [1.54, 1.807) is 16.7 Å². The molecule has 0 atom stereocenters. The summed E-state index contributed by atoms with van der Waals surface area (Å²) < 4.78 is 11.9. The average Bonchev–Trinajstić information content (AvgIpc) is 3.43. The van der Waals surface area contributed by atoms with E-state index in [4.69, 9.17) is 14.1 Å². The van der Waals surface area contributed by atoms with Gasteiger partial charge in [0.1, 0.15) is 16.8 Å². The third kappa shape index (κ3) is 3.48. The van der Waals surface area contributed by atoms with Gasteiger partial charge in [-0.05, 0) is 37.3 Å². The highest BCUT2D eigenvalue weighted by Crippen LogP contribution is 2.28. The number of esters is 1. The van der Waals surface area contributed by atoms with Crippen molar-refractivity contribution in [2.75, 3.05) is 7.11 Å². The van der Waals surface area contributed by atoms with E-state index in [1.165, 1.54) is 18.9 Å². The van der Waals surface area contributed by atoms with Crippen molar-refractivity contribution in [1.82, 2.24) is 14.5 Å². The number of aromatic amines is 1. The highest BCUT2D eigenvalue weighted by atomic mass is 32.2. The van der Waals surface area contributed by atoms with E-state index in [2.05, 4.69) is 4.98 Å². The molecule has 0 saturated heterocycles. The minimum Gasteiger partial charge on any atom is -0.463 e. The van der Waals surface area contributed by atoms with Crippen LogP contribution in [0.3, 0.4) is 0 Å². The fourth-order valence-corrected chi connectivity index (χ4v) is 4.46. The molecule has 0 radical (unpaired) electrons. The Balaban J connectivity index is 1.63. The molecule has 0 fully saturated rings. The van der Waals surface area contributed by atoms with E-state index < -0.39 is 5.97 Å². The summed E-state index contributed by atoms with van der Waals surface area (Å²) in [7, 11) is 1.31. The highest BCUT2D eigenvalue weighted by molar-refractivity contribution is 7.98. The largest absolute Gasteiger partial charge is 0.463 e. The zero-order valence-corrected chi connectivity index (χ0v) is 18.2. The van der Waals surface area contributed by atoms with Gasteiger partial charge in [0.25, 0.3) is 5.56 Å². The standard InChI is InChI=1S/C24H19N3O4S/c1-14-7-9-15(10-8-14)27-22(28)21-20(17-5-3-4-6-18(17)25-21)26-24(27)32-13-16-11-12-19(31-16)23(29)30-2/h3-12,25H,13H2,1-2H3. The highest BCUT2D eigenvalue weighted by Gasteiger charge is 2.18. The Bertz CT molecular complexity index is 1510. The number of aryl methyl sites for hydroxylation is 1. The van der Waals surface area contributed by atoms with Gasteiger partial charge in [-0.3, -0.25) is 9.36 Å². The number of rotatable bonds is 5. The molecule has 8 heteroatoms. The van der Waals surface area contributed by atoms with Crippen LogP contribution in [0.25, 0.3) is 27.6 Å². The van der Waals surface area contributed by atoms with Crippen LogP contribution < -0.4 is 5.56 Å². The quantitative estimate of drug-likeness (QED) is 0.236. The van der Waals surface area contributed by atoms with Gasteiger partial charge in [0, 0.05) is 10.9 Å². The van der Waals surface area contributed by atoms with Crippen LogP contribution in [0.1, 0.15) is 21.9 Å². The molecule has 0 aliphatic rings. The number of para-hydroxylation sites is 1. The normalized spacial score (nSPS) is 11.3. The van der Waals surface area contributed by atoms with Gasteiger partial charge in [-0.15, -0.1) is 0 Å². The summed E-state index contributed by atoms with van der Waals surface area (Å²) in [5.41, 5.74) is 3.60. The Kier molecular flexibility index (Phi) is 5.07. The first-order chi connectivity index (χ1) is 15.5. The molecule has 0 unspecified atom stereocenters. The predicted molar refractivity (Wildman–Crippen MR) is 124 cm³/mol. The minimum atomic E-state index is -0.531. The van der Waals surface area contributed by atoms with E-state index >= 15 is 0 Å². The summed E-state index contributed by atoms with van der Waals surface area (Å²) in [4.78, 5) is 33.3. The smallest absolute Gasteiger partial charge is 0.373 e. The van der Waals surface area contributed by atoms with E-state index in [0.717, 1.165) is 22.2 Å². The molecule has 0 bridgehead atoms. The van der Waals surface area contributed by atoms with Crippen molar-refractivity contribution >= 4 is 39.7 Å². The summed E-state index contributed by atoms with van der Waals surface area (Å²) in [6, 6.07) is 18.7. The second-order valence-corrected chi connectivity index (χ2v) is 8.25. The average molecular weight is 446 g/mol. The second kappa shape index (κ2) is 8.05. The summed E-state index contributed by atoms with van der Waals surface area (Å²) in [5, 5.41) is 1.43. The lowest BCUT2D eigenvalue weighted by Gasteiger charge is -2.12. The van der Waals surface area contributed by atoms with Gasteiger partial charge < -0.3 is 14.1 Å². The van der Waals surface area contributed by atoms with Crippen molar-refractivity contribution in [3.8, 4) is 5.69 Å². The van der Waals surface area contributed by atoms with Crippen molar-refractivity contribution in [3.63, 3.8) is 0 Å². The van der Waals surface area contributed by atoms with E-state index in [0.29, 0.717) is 27.7 Å². The molecule has 3 aromatic heterocycles. The molecule has 1 N–H and O–H groups in total. The topological polar surface area (TPSA) is 90.1 Å². The number of carbonyl (C=O) groups excluding carboxylic acids is 1. The molecule has 2 aromatic carbocycles. The number of hydrogen-bond donors (Lipinski definition) is 1. The number of carbonyl (C=O) groups is 1. The van der Waals surface area contributed by atoms with Crippen molar-refractivity contribution in [2.45, 2.75) is 17.8 Å². The van der Waals surface area contributed by atoms with Crippen molar-refractivity contribution in [1.29, 1.82) is 0 Å². The van der Waals surface area contributed by atoms with Crippen molar-refractivity contribution < 1.29 is 13.9 Å². The monoisotopic (exact) mass is 445 g/mol. The van der Waals surface area contributed by atoms with Crippen LogP contribution in [0.2, 0.25) is 0 Å². The number of fused-ring (bicyclic) bond motifs is 3. The molecule has 32 heavy (non-hydrogen) atoms. The number of nitrogens with zero attached hydrogens (tertiary/aromatic N) is 2. The van der Waals surface area contributed by atoms with E-state index in [1.807, 2.05) is 55.5 Å². The number of aromatic nitrogens is 3. The molecule has 0 aliphatic heterocycles. The molecular weight excluding hydrogens is 426 g/mol. The first-order valence-corrected chi connectivity index (χ1v) is 10.9. The van der Waals surface area contributed by atoms with Crippen LogP contribution in [0.15, 0.2) is 75.0 Å². The number of hydrogen-bond acceptors (Lipinski definition) is 6. The van der Waals surface area contributed by atoms with Gasteiger partial charge >= 0.3 is 5.97 Å². The lowest BCUT2D eigenvalue weighted by molar-refractivity contribution is 0.0563. The van der Waals surface area contributed by atoms with Gasteiger partial charge in [-0.1, -0.05) is 47.7 Å². The number of H-pyrrole nitrogens is 1. The lowest BCUT2D eigenvalue weighted by atomic mass is 10.2. The number of ether oxygens (including phenoxy) is 1. The van der Waals surface area contributed by atoms with Crippen LogP contribution in [-0.4, -0.2) is 27.6 Å². The summed E-state index contributed by atoms with van der Waals surface area (Å²) in [6.45, 7) is 2.00. The zero-order valence-electron chi connectivity index (χ0n) is 17.4. The van der Waals surface area contributed by atoms with Crippen molar-refractivity contribution in [2.24, 2.45) is 0 Å². The maximum Gasteiger partial charge on any atom is 0.373 e. The Morgan fingerprint density at radius 1 is 1.12 bits per heavy atom. The summed E-state index contributed by atoms with van der Waals surface area (Å²) in [5.74, 6) is 0.581. The van der Waals surface area contributed by atoms with Gasteiger partial charge in [0.05, 0.1) is 18.6 Å². The molecule has 3 heterocycles. The van der Waals surface area contributed by atoms with Gasteiger partial charge in [0.2, 0.25) is 5.76 Å². The molecule has 5 aromatic rings. The number of thioether (sulfide) groups is 1. The minimum absolute atomic E-state index is 0.138. The molecule has 0 amide bonds. The van der Waals surface area contributed by atoms with Crippen molar-refractivity contribution in [3.05, 3.63) is 88.1 Å². The molecule has 0 saturated carbocycles. The number of benzene rings is 2. The SMILES string of the molecule is COC(=O)c1ccc(CSc2nc3c([nH]c4ccccc43)c(=O)n2-c2ccc(C)cc2)o1. The Morgan fingerprint density at radius 3 is 2.69 bits per heavy atom. The fraction of sp³-hybridized carbons (Fsp3) is 0.125. The Labute approximate surface area is 187 Å². The first-order valence-electron chi connectivity index (χ1n) is 9.95. The Hall–Kier alpha value is -3.78. The van der Waals surface area contributed by atoms with Crippen LogP contribution in [0.5, 0.6) is 0 Å². The number of methoxy groups -OCH3 is 1. The molecule has 7 nitrogen and oxygen atoms in total. The summed E-state index contributed by atoms with van der Waals surface area (Å²) >= 11 is 1.36. The Morgan fingerprint density at radius 2 is 1.91 bits per heavy atom. The van der Waals surface area contributed by atoms with Gasteiger partial charge in [-0.2, -0.15) is 0 Å². The van der Waals surface area contributed by atoms with E-state index in [9.17, 15) is 9.59 Å². The maximum atomic E-state index is 13.5. The first kappa shape index (κ1) is 20.1. The fourth-order valence-electron chi connectivity index (χ4n) is 3.56. The second-order valence-electron chi connectivity index (χ2n) is 7.31. The maximum absolute atomic E-state index is 13.5. The third-order valence-corrected chi connectivity index (χ3v) is 6.14. The van der Waals surface area contributed by atoms with Gasteiger partial charge in [-0.25, -0.2) is 9.78 Å². The molecule has 0 spiro atoms. The zero-order chi connectivity index (χ0) is 22.2. The number of furan rings is 1. The summed E-state index contributed by atoms with van der Waals surface area (Å²) in [6.07, 6.45) is 0. The molecule has 160 valence electrons. The van der Waals surface area contributed by atoms with Crippen LogP contribution in [-0.2, 0) is 10.5 Å². The van der Waals surface area contributed by atoms with Crippen LogP contribution >= 0.6 is 11.8 Å². The molecule has 0 aliphatic carbocycles. The van der Waals surface area contributed by atoms with Crippen LogP contribution in [0.4, 0.5) is 0 Å². The molecular formula is C24H19N3O4S. The van der Waals surface area contributed by atoms with Gasteiger partial charge in [0.15, 0.2) is 5.16 Å². The lowest BCUT2D eigenvalue weighted by Crippen LogP contribution is -2.21. The predicted octanol–water partition coefficient (Wildman–Crippen LogP) is 4.85.